The van der Waals surface area contributed by atoms with Crippen LogP contribution in [0, 0.1) is 6.92 Å². The zero-order chi connectivity index (χ0) is 12.4. The molecule has 0 fully saturated rings. The van der Waals surface area contributed by atoms with Gasteiger partial charge in [0.2, 0.25) is 0 Å². The third kappa shape index (κ3) is 2.22. The monoisotopic (exact) mass is 247 g/mol. The predicted octanol–water partition coefficient (Wildman–Crippen LogP) is 3.91. The molecule has 2 aromatic rings. The first-order chi connectivity index (χ1) is 8.13. The molecule has 17 heavy (non-hydrogen) atoms. The van der Waals surface area contributed by atoms with Crippen molar-refractivity contribution in [1.82, 2.24) is 0 Å². The van der Waals surface area contributed by atoms with Gasteiger partial charge in [0.25, 0.3) is 0 Å². The molecule has 0 heterocycles. The number of benzene rings is 2. The maximum absolute atomic E-state index is 6.31. The Labute approximate surface area is 106 Å². The number of nitrogens with two attached hydrogens (primary N) is 1. The van der Waals surface area contributed by atoms with Crippen LogP contribution in [0.5, 0.6) is 5.75 Å². The summed E-state index contributed by atoms with van der Waals surface area (Å²) in [4.78, 5) is 0. The number of anilines is 1. The molecule has 0 saturated heterocycles. The largest absolute Gasteiger partial charge is 0.497 e. The highest BCUT2D eigenvalue weighted by atomic mass is 35.5. The van der Waals surface area contributed by atoms with Crippen molar-refractivity contribution in [3.05, 3.63) is 47.0 Å². The Morgan fingerprint density at radius 3 is 2.65 bits per heavy atom. The SMILES string of the molecule is COc1cccc(-c2ccc(N)c(C)c2Cl)c1. The molecule has 2 N–H and O–H groups in total. The molecule has 0 aliphatic heterocycles. The van der Waals surface area contributed by atoms with Crippen molar-refractivity contribution in [2.45, 2.75) is 6.92 Å². The first-order valence-corrected chi connectivity index (χ1v) is 5.70. The molecule has 0 unspecified atom stereocenters. The van der Waals surface area contributed by atoms with Gasteiger partial charge >= 0.3 is 0 Å². The van der Waals surface area contributed by atoms with E-state index in [9.17, 15) is 0 Å². The molecular formula is C14H14ClNO. The van der Waals surface area contributed by atoms with E-state index in [-0.39, 0.29) is 0 Å². The average Bonchev–Trinajstić information content (AvgIpc) is 2.36. The lowest BCUT2D eigenvalue weighted by molar-refractivity contribution is 0.415. The van der Waals surface area contributed by atoms with Crippen LogP contribution in [0.25, 0.3) is 11.1 Å². The summed E-state index contributed by atoms with van der Waals surface area (Å²) < 4.78 is 5.20. The van der Waals surface area contributed by atoms with E-state index in [1.165, 1.54) is 0 Å². The molecule has 0 aliphatic rings. The van der Waals surface area contributed by atoms with Gasteiger partial charge in [-0.3, -0.25) is 0 Å². The third-order valence-corrected chi connectivity index (χ3v) is 3.30. The number of ether oxygens (including phenoxy) is 1. The topological polar surface area (TPSA) is 35.2 Å². The maximum atomic E-state index is 6.31. The minimum absolute atomic E-state index is 0.693. The van der Waals surface area contributed by atoms with Gasteiger partial charge in [-0.05, 0) is 36.2 Å². The Hall–Kier alpha value is -1.67. The van der Waals surface area contributed by atoms with E-state index in [0.717, 1.165) is 22.4 Å². The van der Waals surface area contributed by atoms with Crippen LogP contribution in [-0.4, -0.2) is 7.11 Å². The fourth-order valence-electron chi connectivity index (χ4n) is 1.71. The molecule has 0 radical (unpaired) electrons. The van der Waals surface area contributed by atoms with Crippen LogP contribution >= 0.6 is 11.6 Å². The van der Waals surface area contributed by atoms with Crippen LogP contribution < -0.4 is 10.5 Å². The summed E-state index contributed by atoms with van der Waals surface area (Å²) in [6, 6.07) is 11.6. The summed E-state index contributed by atoms with van der Waals surface area (Å²) in [5.41, 5.74) is 9.43. The van der Waals surface area contributed by atoms with Crippen molar-refractivity contribution in [2.24, 2.45) is 0 Å². The van der Waals surface area contributed by atoms with E-state index in [2.05, 4.69) is 0 Å². The molecule has 3 heteroatoms. The van der Waals surface area contributed by atoms with Crippen LogP contribution in [0.4, 0.5) is 5.69 Å². The number of halogens is 1. The number of nitrogen functional groups attached to an aromatic ring is 1. The molecule has 0 amide bonds. The lowest BCUT2D eigenvalue weighted by Gasteiger charge is -2.10. The maximum Gasteiger partial charge on any atom is 0.119 e. The molecule has 0 saturated carbocycles. The van der Waals surface area contributed by atoms with E-state index in [0.29, 0.717) is 10.7 Å². The van der Waals surface area contributed by atoms with Crippen molar-refractivity contribution in [3.63, 3.8) is 0 Å². The average molecular weight is 248 g/mol. The van der Waals surface area contributed by atoms with Crippen molar-refractivity contribution < 1.29 is 4.74 Å². The number of rotatable bonds is 2. The minimum Gasteiger partial charge on any atom is -0.497 e. The third-order valence-electron chi connectivity index (χ3n) is 2.81. The Bertz CT molecular complexity index is 552. The van der Waals surface area contributed by atoms with Gasteiger partial charge in [-0.15, -0.1) is 0 Å². The second-order valence-corrected chi connectivity index (χ2v) is 4.25. The second kappa shape index (κ2) is 4.68. The lowest BCUT2D eigenvalue weighted by Crippen LogP contribution is -1.92. The minimum atomic E-state index is 0.693. The smallest absolute Gasteiger partial charge is 0.119 e. The molecular weight excluding hydrogens is 234 g/mol. The molecule has 0 atom stereocenters. The Morgan fingerprint density at radius 1 is 1.18 bits per heavy atom. The standard InChI is InChI=1S/C14H14ClNO/c1-9-13(16)7-6-12(14(9)15)10-4-3-5-11(8-10)17-2/h3-8H,16H2,1-2H3. The molecule has 2 aromatic carbocycles. The highest BCUT2D eigenvalue weighted by molar-refractivity contribution is 6.34. The number of methoxy groups -OCH3 is 1. The molecule has 88 valence electrons. The lowest BCUT2D eigenvalue weighted by atomic mass is 10.0. The van der Waals surface area contributed by atoms with Crippen LogP contribution in [-0.2, 0) is 0 Å². The Kier molecular flexibility index (Phi) is 3.25. The number of hydrogen-bond acceptors (Lipinski definition) is 2. The van der Waals surface area contributed by atoms with Crippen LogP contribution in [0.1, 0.15) is 5.56 Å². The van der Waals surface area contributed by atoms with E-state index in [1.54, 1.807) is 7.11 Å². The quantitative estimate of drug-likeness (QED) is 0.817. The molecule has 0 aromatic heterocycles. The summed E-state index contributed by atoms with van der Waals surface area (Å²) in [6.07, 6.45) is 0. The zero-order valence-electron chi connectivity index (χ0n) is 9.83. The highest BCUT2D eigenvalue weighted by Crippen LogP contribution is 2.34. The van der Waals surface area contributed by atoms with Gasteiger partial charge in [0.05, 0.1) is 12.1 Å². The van der Waals surface area contributed by atoms with Gasteiger partial charge < -0.3 is 10.5 Å². The summed E-state index contributed by atoms with van der Waals surface area (Å²) in [6.45, 7) is 1.92. The second-order valence-electron chi connectivity index (χ2n) is 3.87. The van der Waals surface area contributed by atoms with Crippen LogP contribution in [0.3, 0.4) is 0 Å². The fourth-order valence-corrected chi connectivity index (χ4v) is 1.99. The number of hydrogen-bond donors (Lipinski definition) is 1. The van der Waals surface area contributed by atoms with E-state index >= 15 is 0 Å². The van der Waals surface area contributed by atoms with Crippen LogP contribution in [0.2, 0.25) is 5.02 Å². The van der Waals surface area contributed by atoms with Gasteiger partial charge in [0, 0.05) is 11.3 Å². The van der Waals surface area contributed by atoms with Gasteiger partial charge in [-0.1, -0.05) is 29.8 Å². The first kappa shape index (κ1) is 11.8. The van der Waals surface area contributed by atoms with E-state index in [1.807, 2.05) is 43.3 Å². The van der Waals surface area contributed by atoms with E-state index < -0.39 is 0 Å². The van der Waals surface area contributed by atoms with Crippen LogP contribution in [0.15, 0.2) is 36.4 Å². The highest BCUT2D eigenvalue weighted by Gasteiger charge is 2.08. The summed E-state index contributed by atoms with van der Waals surface area (Å²) in [5.74, 6) is 0.813. The summed E-state index contributed by atoms with van der Waals surface area (Å²) in [5, 5.41) is 0.693. The molecule has 2 nitrogen and oxygen atoms in total. The van der Waals surface area contributed by atoms with Gasteiger partial charge in [-0.25, -0.2) is 0 Å². The van der Waals surface area contributed by atoms with Crippen molar-refractivity contribution in [3.8, 4) is 16.9 Å². The van der Waals surface area contributed by atoms with Crippen molar-refractivity contribution >= 4 is 17.3 Å². The fraction of sp³-hybridized carbons (Fsp3) is 0.143. The van der Waals surface area contributed by atoms with Crippen molar-refractivity contribution in [1.29, 1.82) is 0 Å². The Balaban J connectivity index is 2.56. The first-order valence-electron chi connectivity index (χ1n) is 5.32. The van der Waals surface area contributed by atoms with E-state index in [4.69, 9.17) is 22.1 Å². The Morgan fingerprint density at radius 2 is 1.94 bits per heavy atom. The van der Waals surface area contributed by atoms with Gasteiger partial charge in [-0.2, -0.15) is 0 Å². The zero-order valence-corrected chi connectivity index (χ0v) is 10.6. The molecule has 0 aliphatic carbocycles. The molecule has 0 spiro atoms. The summed E-state index contributed by atoms with van der Waals surface area (Å²) >= 11 is 6.31. The predicted molar refractivity (Wildman–Crippen MR) is 72.6 cm³/mol. The van der Waals surface area contributed by atoms with Gasteiger partial charge in [0.15, 0.2) is 0 Å². The normalized spacial score (nSPS) is 10.3. The summed E-state index contributed by atoms with van der Waals surface area (Å²) in [7, 11) is 1.65. The van der Waals surface area contributed by atoms with Gasteiger partial charge in [0.1, 0.15) is 5.75 Å². The van der Waals surface area contributed by atoms with Crippen molar-refractivity contribution in [2.75, 3.05) is 12.8 Å². The molecule has 2 rings (SSSR count). The molecule has 0 bridgehead atoms.